The predicted molar refractivity (Wildman–Crippen MR) is 129 cm³/mol. The standard InChI is InChI=1S/C25H23BrN4O2/c1-2-3-4-8-21-20-7-5-6-9-22(20)32-23(21)18-11-10-17-15-19(13-12-16(17)14-18)31-24(26)25-27-29-30-28-25/h5-7,9-15,24H,2-4,8H2,1H3,(H,27,28,29,30). The first-order valence-corrected chi connectivity index (χ1v) is 11.7. The summed E-state index contributed by atoms with van der Waals surface area (Å²) >= 11 is 3.44. The monoisotopic (exact) mass is 490 g/mol. The lowest BCUT2D eigenvalue weighted by Gasteiger charge is -2.11. The molecule has 0 aliphatic rings. The SMILES string of the molecule is CCCCCc1c(-c2ccc3cc(OC(Br)c4nn[nH]n4)ccc3c2)oc2ccccc12. The number of hydrogen-bond acceptors (Lipinski definition) is 5. The summed E-state index contributed by atoms with van der Waals surface area (Å²) in [5.74, 6) is 2.14. The number of rotatable bonds is 8. The summed E-state index contributed by atoms with van der Waals surface area (Å²) in [4.78, 5) is 0. The molecule has 0 saturated carbocycles. The highest BCUT2D eigenvalue weighted by molar-refractivity contribution is 9.09. The second-order valence-corrected chi connectivity index (χ2v) is 8.62. The molecule has 0 bridgehead atoms. The Balaban J connectivity index is 1.47. The van der Waals surface area contributed by atoms with Gasteiger partial charge in [0.15, 0.2) is 0 Å². The molecule has 0 aliphatic carbocycles. The number of H-pyrrole nitrogens is 1. The zero-order valence-electron chi connectivity index (χ0n) is 17.7. The number of benzene rings is 3. The van der Waals surface area contributed by atoms with Crippen molar-refractivity contribution in [1.29, 1.82) is 0 Å². The zero-order valence-corrected chi connectivity index (χ0v) is 19.3. The Hall–Kier alpha value is -3.19. The van der Waals surface area contributed by atoms with Crippen molar-refractivity contribution < 1.29 is 9.15 Å². The third-order valence-electron chi connectivity index (χ3n) is 5.61. The van der Waals surface area contributed by atoms with Crippen molar-refractivity contribution in [3.8, 4) is 17.1 Å². The maximum absolute atomic E-state index is 6.33. The van der Waals surface area contributed by atoms with E-state index in [1.165, 1.54) is 23.8 Å². The van der Waals surface area contributed by atoms with Gasteiger partial charge < -0.3 is 9.15 Å². The van der Waals surface area contributed by atoms with Crippen molar-refractivity contribution in [2.45, 2.75) is 37.6 Å². The van der Waals surface area contributed by atoms with E-state index in [9.17, 15) is 0 Å². The van der Waals surface area contributed by atoms with E-state index in [0.717, 1.165) is 46.3 Å². The molecule has 5 aromatic rings. The molecule has 0 amide bonds. The van der Waals surface area contributed by atoms with E-state index in [0.29, 0.717) is 5.82 Å². The number of furan rings is 1. The average molecular weight is 491 g/mol. The van der Waals surface area contributed by atoms with Gasteiger partial charge in [-0.1, -0.05) is 56.2 Å². The van der Waals surface area contributed by atoms with Gasteiger partial charge in [-0.05, 0) is 69.0 Å². The van der Waals surface area contributed by atoms with Gasteiger partial charge in [0.25, 0.3) is 0 Å². The molecule has 6 nitrogen and oxygen atoms in total. The third-order valence-corrected chi connectivity index (χ3v) is 6.20. The molecule has 1 atom stereocenters. The average Bonchev–Trinajstić information content (AvgIpc) is 3.48. The Bertz CT molecular complexity index is 1350. The molecule has 32 heavy (non-hydrogen) atoms. The Morgan fingerprint density at radius 1 is 1.03 bits per heavy atom. The third kappa shape index (κ3) is 4.12. The van der Waals surface area contributed by atoms with Crippen LogP contribution in [0.15, 0.2) is 65.1 Å². The van der Waals surface area contributed by atoms with Crippen LogP contribution < -0.4 is 4.74 Å². The Kier molecular flexibility index (Phi) is 5.90. The molecule has 2 heterocycles. The van der Waals surface area contributed by atoms with Crippen LogP contribution in [0.2, 0.25) is 0 Å². The molecule has 0 radical (unpaired) electrons. The number of nitrogens with one attached hydrogen (secondary N) is 1. The minimum Gasteiger partial charge on any atom is -0.471 e. The quantitative estimate of drug-likeness (QED) is 0.187. The first-order valence-electron chi connectivity index (χ1n) is 10.8. The van der Waals surface area contributed by atoms with Crippen molar-refractivity contribution in [2.75, 3.05) is 0 Å². The molecule has 0 fully saturated rings. The summed E-state index contributed by atoms with van der Waals surface area (Å²) in [6.45, 7) is 2.23. The van der Waals surface area contributed by atoms with E-state index in [-0.39, 0.29) is 0 Å². The van der Waals surface area contributed by atoms with Crippen LogP contribution in [0.1, 0.15) is 42.6 Å². The zero-order chi connectivity index (χ0) is 21.9. The highest BCUT2D eigenvalue weighted by atomic mass is 79.9. The van der Waals surface area contributed by atoms with Crippen molar-refractivity contribution in [2.24, 2.45) is 0 Å². The highest BCUT2D eigenvalue weighted by Crippen LogP contribution is 2.37. The van der Waals surface area contributed by atoms with Gasteiger partial charge in [0.2, 0.25) is 10.8 Å². The molecule has 1 N–H and O–H groups in total. The van der Waals surface area contributed by atoms with Gasteiger partial charge >= 0.3 is 0 Å². The number of ether oxygens (including phenoxy) is 1. The molecule has 0 spiro atoms. The van der Waals surface area contributed by atoms with Crippen LogP contribution in [0.3, 0.4) is 0 Å². The first-order chi connectivity index (χ1) is 15.7. The summed E-state index contributed by atoms with van der Waals surface area (Å²) in [5, 5.41) is 16.8. The van der Waals surface area contributed by atoms with Crippen LogP contribution in [-0.2, 0) is 6.42 Å². The molecule has 1 unspecified atom stereocenters. The number of aromatic nitrogens is 4. The fourth-order valence-electron chi connectivity index (χ4n) is 4.01. The predicted octanol–water partition coefficient (Wildman–Crippen LogP) is 6.97. The van der Waals surface area contributed by atoms with Crippen LogP contribution in [0.25, 0.3) is 33.1 Å². The summed E-state index contributed by atoms with van der Waals surface area (Å²) in [6.07, 6.45) is 4.61. The Morgan fingerprint density at radius 3 is 2.72 bits per heavy atom. The van der Waals surface area contributed by atoms with Crippen LogP contribution in [0, 0.1) is 0 Å². The van der Waals surface area contributed by atoms with E-state index in [1.54, 1.807) is 0 Å². The number of para-hydroxylation sites is 1. The largest absolute Gasteiger partial charge is 0.471 e. The molecular formula is C25H23BrN4O2. The summed E-state index contributed by atoms with van der Waals surface area (Å²) < 4.78 is 12.2. The van der Waals surface area contributed by atoms with Gasteiger partial charge in [-0.3, -0.25) is 0 Å². The second-order valence-electron chi connectivity index (χ2n) is 7.79. The maximum atomic E-state index is 6.33. The van der Waals surface area contributed by atoms with Crippen LogP contribution >= 0.6 is 15.9 Å². The van der Waals surface area contributed by atoms with Crippen molar-refractivity contribution in [3.63, 3.8) is 0 Å². The number of unbranched alkanes of at least 4 members (excludes halogenated alkanes) is 2. The normalized spacial score (nSPS) is 12.4. The smallest absolute Gasteiger partial charge is 0.225 e. The van der Waals surface area contributed by atoms with Gasteiger partial charge in [-0.15, -0.1) is 10.2 Å². The number of nitrogens with zero attached hydrogens (tertiary/aromatic N) is 3. The summed E-state index contributed by atoms with van der Waals surface area (Å²) in [5.41, 5.74) is 3.34. The number of hydrogen-bond donors (Lipinski definition) is 1. The lowest BCUT2D eigenvalue weighted by molar-refractivity contribution is 0.292. The van der Waals surface area contributed by atoms with E-state index < -0.39 is 5.01 Å². The number of halogens is 1. The molecular weight excluding hydrogens is 468 g/mol. The molecule has 5 rings (SSSR count). The molecule has 162 valence electrons. The molecule has 0 saturated heterocycles. The number of aryl methyl sites for hydroxylation is 1. The number of aromatic amines is 1. The minimum atomic E-state index is -0.473. The fourth-order valence-corrected chi connectivity index (χ4v) is 4.42. The lowest BCUT2D eigenvalue weighted by atomic mass is 9.98. The molecule has 3 aromatic carbocycles. The van der Waals surface area contributed by atoms with E-state index in [1.807, 2.05) is 24.3 Å². The van der Waals surface area contributed by atoms with Crippen molar-refractivity contribution >= 4 is 37.7 Å². The molecule has 7 heteroatoms. The second kappa shape index (κ2) is 9.12. The molecule has 2 aromatic heterocycles. The van der Waals surface area contributed by atoms with Crippen LogP contribution in [0.5, 0.6) is 5.75 Å². The number of alkyl halides is 1. The van der Waals surface area contributed by atoms with Crippen molar-refractivity contribution in [1.82, 2.24) is 20.6 Å². The summed E-state index contributed by atoms with van der Waals surface area (Å²) in [6, 6.07) is 20.7. The van der Waals surface area contributed by atoms with Gasteiger partial charge in [-0.2, -0.15) is 5.21 Å². The van der Waals surface area contributed by atoms with E-state index >= 15 is 0 Å². The summed E-state index contributed by atoms with van der Waals surface area (Å²) in [7, 11) is 0. The van der Waals surface area contributed by atoms with Crippen molar-refractivity contribution in [3.05, 3.63) is 72.1 Å². The topological polar surface area (TPSA) is 76.8 Å². The van der Waals surface area contributed by atoms with E-state index in [4.69, 9.17) is 9.15 Å². The first kappa shape index (κ1) is 20.7. The maximum Gasteiger partial charge on any atom is 0.225 e. The Morgan fingerprint density at radius 2 is 1.88 bits per heavy atom. The van der Waals surface area contributed by atoms with Gasteiger partial charge in [-0.25, -0.2) is 0 Å². The lowest BCUT2D eigenvalue weighted by Crippen LogP contribution is -2.02. The number of fused-ring (bicyclic) bond motifs is 2. The highest BCUT2D eigenvalue weighted by Gasteiger charge is 2.17. The van der Waals surface area contributed by atoms with Crippen LogP contribution in [-0.4, -0.2) is 20.6 Å². The van der Waals surface area contributed by atoms with Gasteiger partial charge in [0.05, 0.1) is 0 Å². The van der Waals surface area contributed by atoms with Gasteiger partial charge in [0, 0.05) is 16.5 Å². The number of tetrazole rings is 1. The Labute approximate surface area is 194 Å². The fraction of sp³-hybridized carbons (Fsp3) is 0.240. The minimum absolute atomic E-state index is 0.445. The van der Waals surface area contributed by atoms with Gasteiger partial charge in [0.1, 0.15) is 17.1 Å². The van der Waals surface area contributed by atoms with Crippen LogP contribution in [0.4, 0.5) is 0 Å². The molecule has 0 aliphatic heterocycles. The van der Waals surface area contributed by atoms with E-state index in [2.05, 4.69) is 79.9 Å².